The van der Waals surface area contributed by atoms with Crippen molar-refractivity contribution < 1.29 is 4.79 Å². The number of carbonyl (C=O) groups excluding carboxylic acids is 1. The fraction of sp³-hybridized carbons (Fsp3) is 0.176. The number of rotatable bonds is 4. The van der Waals surface area contributed by atoms with Gasteiger partial charge in [-0.25, -0.2) is 0 Å². The lowest BCUT2D eigenvalue weighted by molar-refractivity contribution is 0.112. The van der Waals surface area contributed by atoms with Gasteiger partial charge in [0.05, 0.1) is 5.56 Å². The van der Waals surface area contributed by atoms with Crippen LogP contribution in [0.5, 0.6) is 0 Å². The van der Waals surface area contributed by atoms with Gasteiger partial charge in [-0.15, -0.1) is 11.8 Å². The Bertz CT molecular complexity index is 666. The molecule has 0 fully saturated rings. The van der Waals surface area contributed by atoms with E-state index in [0.717, 1.165) is 16.9 Å². The highest BCUT2D eigenvalue weighted by molar-refractivity contribution is 7.98. The lowest BCUT2D eigenvalue weighted by Gasteiger charge is -2.07. The zero-order chi connectivity index (χ0) is 14.5. The highest BCUT2D eigenvalue weighted by atomic mass is 32.2. The Kier molecular flexibility index (Phi) is 4.60. The minimum atomic E-state index is 0.539. The van der Waals surface area contributed by atoms with E-state index in [1.807, 2.05) is 6.07 Å². The first-order valence-electron chi connectivity index (χ1n) is 6.31. The molecule has 2 nitrogen and oxygen atoms in total. The summed E-state index contributed by atoms with van der Waals surface area (Å²) in [5.74, 6) is 0.817. The average molecular weight is 281 g/mol. The summed E-state index contributed by atoms with van der Waals surface area (Å²) in [7, 11) is 0. The van der Waals surface area contributed by atoms with Crippen LogP contribution in [0.2, 0.25) is 0 Å². The van der Waals surface area contributed by atoms with Crippen LogP contribution in [0.4, 0.5) is 0 Å². The standard InChI is InChI=1S/C17H15NOS/c1-12-5-13(2)7-15(6-12)11-20-17-4-3-14(10-19)8-16(17)9-18/h3-8,10H,11H2,1-2H3. The van der Waals surface area contributed by atoms with E-state index >= 15 is 0 Å². The Morgan fingerprint density at radius 2 is 1.85 bits per heavy atom. The van der Waals surface area contributed by atoms with Gasteiger partial charge in [0.15, 0.2) is 0 Å². The van der Waals surface area contributed by atoms with Crippen molar-refractivity contribution in [1.29, 1.82) is 5.26 Å². The SMILES string of the molecule is Cc1cc(C)cc(CSc2ccc(C=O)cc2C#N)c1. The van der Waals surface area contributed by atoms with E-state index in [1.54, 1.807) is 23.9 Å². The first kappa shape index (κ1) is 14.4. The molecule has 0 amide bonds. The zero-order valence-electron chi connectivity index (χ0n) is 11.5. The Balaban J connectivity index is 2.18. The lowest BCUT2D eigenvalue weighted by Crippen LogP contribution is -1.89. The molecule has 2 aromatic carbocycles. The molecule has 0 aromatic heterocycles. The molecule has 0 aliphatic heterocycles. The van der Waals surface area contributed by atoms with Gasteiger partial charge < -0.3 is 0 Å². The second kappa shape index (κ2) is 6.40. The van der Waals surface area contributed by atoms with Gasteiger partial charge in [0.1, 0.15) is 12.4 Å². The van der Waals surface area contributed by atoms with Crippen LogP contribution in [-0.2, 0) is 5.75 Å². The van der Waals surface area contributed by atoms with Crippen molar-refractivity contribution in [2.24, 2.45) is 0 Å². The summed E-state index contributed by atoms with van der Waals surface area (Å²) in [5, 5.41) is 9.14. The van der Waals surface area contributed by atoms with Crippen molar-refractivity contribution in [3.63, 3.8) is 0 Å². The molecular formula is C17H15NOS. The van der Waals surface area contributed by atoms with Crippen LogP contribution in [0, 0.1) is 25.2 Å². The van der Waals surface area contributed by atoms with Crippen molar-refractivity contribution in [3.8, 4) is 6.07 Å². The maximum atomic E-state index is 10.7. The first-order valence-corrected chi connectivity index (χ1v) is 7.30. The third-order valence-electron chi connectivity index (χ3n) is 2.94. The van der Waals surface area contributed by atoms with Gasteiger partial charge in [-0.2, -0.15) is 5.26 Å². The maximum Gasteiger partial charge on any atom is 0.150 e. The predicted octanol–water partition coefficient (Wildman–Crippen LogP) is 4.28. The number of thioether (sulfide) groups is 1. The number of nitrogens with zero attached hydrogens (tertiary/aromatic N) is 1. The molecule has 0 heterocycles. The Labute approximate surface area is 123 Å². The van der Waals surface area contributed by atoms with Gasteiger partial charge in [-0.05, 0) is 31.5 Å². The minimum absolute atomic E-state index is 0.539. The molecule has 3 heteroatoms. The second-order valence-electron chi connectivity index (χ2n) is 4.77. The molecule has 20 heavy (non-hydrogen) atoms. The highest BCUT2D eigenvalue weighted by Gasteiger charge is 2.05. The summed E-state index contributed by atoms with van der Waals surface area (Å²) in [6.07, 6.45) is 0.763. The molecule has 2 rings (SSSR count). The maximum absolute atomic E-state index is 10.7. The molecule has 0 bridgehead atoms. The molecule has 2 aromatic rings. The number of aryl methyl sites for hydroxylation is 2. The molecule has 0 spiro atoms. The Morgan fingerprint density at radius 1 is 1.15 bits per heavy atom. The number of aldehydes is 1. The third kappa shape index (κ3) is 3.49. The van der Waals surface area contributed by atoms with E-state index < -0.39 is 0 Å². The topological polar surface area (TPSA) is 40.9 Å². The number of hydrogen-bond donors (Lipinski definition) is 0. The quantitative estimate of drug-likeness (QED) is 0.620. The van der Waals surface area contributed by atoms with E-state index in [-0.39, 0.29) is 0 Å². The summed E-state index contributed by atoms with van der Waals surface area (Å²) in [6, 6.07) is 13.8. The third-order valence-corrected chi connectivity index (χ3v) is 4.08. The van der Waals surface area contributed by atoms with Crippen LogP contribution in [-0.4, -0.2) is 6.29 Å². The van der Waals surface area contributed by atoms with E-state index in [2.05, 4.69) is 38.1 Å². The molecule has 0 aliphatic carbocycles. The fourth-order valence-electron chi connectivity index (χ4n) is 2.15. The van der Waals surface area contributed by atoms with Gasteiger partial charge in [0.25, 0.3) is 0 Å². The monoisotopic (exact) mass is 281 g/mol. The summed E-state index contributed by atoms with van der Waals surface area (Å²) < 4.78 is 0. The van der Waals surface area contributed by atoms with Crippen molar-refractivity contribution in [3.05, 3.63) is 64.2 Å². The summed E-state index contributed by atoms with van der Waals surface area (Å²) >= 11 is 1.62. The van der Waals surface area contributed by atoms with Crippen LogP contribution in [0.15, 0.2) is 41.3 Å². The zero-order valence-corrected chi connectivity index (χ0v) is 12.3. The van der Waals surface area contributed by atoms with E-state index in [0.29, 0.717) is 11.1 Å². The van der Waals surface area contributed by atoms with Crippen LogP contribution in [0.3, 0.4) is 0 Å². The largest absolute Gasteiger partial charge is 0.298 e. The highest BCUT2D eigenvalue weighted by Crippen LogP contribution is 2.27. The van der Waals surface area contributed by atoms with Gasteiger partial charge >= 0.3 is 0 Å². The number of carbonyl (C=O) groups is 1. The lowest BCUT2D eigenvalue weighted by atomic mass is 10.1. The smallest absolute Gasteiger partial charge is 0.150 e. The summed E-state index contributed by atoms with van der Waals surface area (Å²) in [5.41, 5.74) is 4.84. The van der Waals surface area contributed by atoms with Gasteiger partial charge in [-0.1, -0.05) is 35.4 Å². The Hall–Kier alpha value is -2.05. The molecule has 0 atom stereocenters. The minimum Gasteiger partial charge on any atom is -0.298 e. The molecule has 0 N–H and O–H groups in total. The first-order chi connectivity index (χ1) is 9.62. The number of hydrogen-bond acceptors (Lipinski definition) is 3. The van der Waals surface area contributed by atoms with E-state index in [9.17, 15) is 4.79 Å². The molecule has 100 valence electrons. The van der Waals surface area contributed by atoms with Gasteiger partial charge in [0.2, 0.25) is 0 Å². The van der Waals surface area contributed by atoms with E-state index in [1.165, 1.54) is 16.7 Å². The van der Waals surface area contributed by atoms with Crippen LogP contribution in [0.25, 0.3) is 0 Å². The molecular weight excluding hydrogens is 266 g/mol. The van der Waals surface area contributed by atoms with Crippen LogP contribution in [0.1, 0.15) is 32.6 Å². The molecule has 0 saturated heterocycles. The van der Waals surface area contributed by atoms with Gasteiger partial charge in [0, 0.05) is 16.2 Å². The number of nitriles is 1. The summed E-state index contributed by atoms with van der Waals surface area (Å²) in [4.78, 5) is 11.6. The van der Waals surface area contributed by atoms with Gasteiger partial charge in [-0.3, -0.25) is 4.79 Å². The second-order valence-corrected chi connectivity index (χ2v) is 5.79. The van der Waals surface area contributed by atoms with Crippen molar-refractivity contribution >= 4 is 18.0 Å². The molecule has 0 radical (unpaired) electrons. The summed E-state index contributed by atoms with van der Waals surface area (Å²) in [6.45, 7) is 4.17. The average Bonchev–Trinajstić information content (AvgIpc) is 2.44. The van der Waals surface area contributed by atoms with Crippen molar-refractivity contribution in [2.75, 3.05) is 0 Å². The van der Waals surface area contributed by atoms with Crippen LogP contribution < -0.4 is 0 Å². The predicted molar refractivity (Wildman–Crippen MR) is 82.0 cm³/mol. The molecule has 0 saturated carbocycles. The molecule has 0 unspecified atom stereocenters. The van der Waals surface area contributed by atoms with E-state index in [4.69, 9.17) is 5.26 Å². The van der Waals surface area contributed by atoms with Crippen molar-refractivity contribution in [2.45, 2.75) is 24.5 Å². The van der Waals surface area contributed by atoms with Crippen molar-refractivity contribution in [1.82, 2.24) is 0 Å². The fourth-order valence-corrected chi connectivity index (χ4v) is 3.06. The normalized spacial score (nSPS) is 10.1. The van der Waals surface area contributed by atoms with Crippen LogP contribution >= 0.6 is 11.8 Å². The Morgan fingerprint density at radius 3 is 2.45 bits per heavy atom. The number of benzene rings is 2. The molecule has 0 aliphatic rings.